The van der Waals surface area contributed by atoms with Crippen LogP contribution in [0.5, 0.6) is 0 Å². The molecule has 0 saturated carbocycles. The summed E-state index contributed by atoms with van der Waals surface area (Å²) in [5.74, 6) is -0.00860. The topological polar surface area (TPSA) is 137 Å². The number of hydrogen-bond acceptors (Lipinski definition) is 9. The van der Waals surface area contributed by atoms with Crippen LogP contribution in [0.3, 0.4) is 0 Å². The Balaban J connectivity index is 1.09. The summed E-state index contributed by atoms with van der Waals surface area (Å²) in [4.78, 5) is 14.6. The molecule has 3 N–H and O–H groups in total. The molecular formula is C42H65FN5O5P. The highest BCUT2D eigenvalue weighted by Gasteiger charge is 2.30. The van der Waals surface area contributed by atoms with Gasteiger partial charge in [0.1, 0.15) is 23.8 Å². The molecule has 10 nitrogen and oxygen atoms in total. The van der Waals surface area contributed by atoms with E-state index in [0.717, 1.165) is 43.3 Å². The minimum absolute atomic E-state index is 0.157. The smallest absolute Gasteiger partial charge is 0.330 e. The Hall–Kier alpha value is -2.71. The van der Waals surface area contributed by atoms with Gasteiger partial charge in [-0.2, -0.15) is 10.4 Å². The molecule has 12 heteroatoms. The number of aromatic nitrogens is 3. The maximum absolute atomic E-state index is 14.0. The van der Waals surface area contributed by atoms with E-state index in [-0.39, 0.29) is 31.5 Å². The van der Waals surface area contributed by atoms with Crippen molar-refractivity contribution in [1.29, 1.82) is 5.26 Å². The number of nitriles is 1. The van der Waals surface area contributed by atoms with Gasteiger partial charge in [0.2, 0.25) is 0 Å². The van der Waals surface area contributed by atoms with Gasteiger partial charge in [0.25, 0.3) is 0 Å². The fourth-order valence-electron chi connectivity index (χ4n) is 7.28. The van der Waals surface area contributed by atoms with Gasteiger partial charge in [0, 0.05) is 0 Å². The molecule has 1 fully saturated rings. The van der Waals surface area contributed by atoms with E-state index in [9.17, 15) is 14.5 Å². The maximum atomic E-state index is 14.0. The van der Waals surface area contributed by atoms with E-state index in [1.165, 1.54) is 121 Å². The molecule has 0 spiro atoms. The third-order valence-corrected chi connectivity index (χ3v) is 11.1. The summed E-state index contributed by atoms with van der Waals surface area (Å²) in [5, 5.41) is 13.5. The van der Waals surface area contributed by atoms with Crippen LogP contribution < -0.4 is 5.73 Å². The van der Waals surface area contributed by atoms with Crippen LogP contribution in [0.25, 0.3) is 5.52 Å². The van der Waals surface area contributed by atoms with Crippen LogP contribution in [0, 0.1) is 17.1 Å². The molecule has 54 heavy (non-hydrogen) atoms. The van der Waals surface area contributed by atoms with Gasteiger partial charge in [-0.05, 0) is 61.6 Å². The number of anilines is 1. The van der Waals surface area contributed by atoms with Crippen molar-refractivity contribution in [2.24, 2.45) is 0 Å². The molecule has 0 bridgehead atoms. The molecule has 1 aromatic carbocycles. The van der Waals surface area contributed by atoms with E-state index in [0.29, 0.717) is 30.0 Å². The van der Waals surface area contributed by atoms with Crippen molar-refractivity contribution < 1.29 is 27.8 Å². The number of nitrogens with two attached hydrogens (primary N) is 1. The minimum Gasteiger partial charge on any atom is -0.382 e. The largest absolute Gasteiger partial charge is 0.382 e. The zero-order valence-electron chi connectivity index (χ0n) is 32.6. The van der Waals surface area contributed by atoms with Crippen molar-refractivity contribution in [2.45, 2.75) is 166 Å². The van der Waals surface area contributed by atoms with Crippen LogP contribution in [0.15, 0.2) is 36.7 Å². The Labute approximate surface area is 324 Å². The average Bonchev–Trinajstić information content (AvgIpc) is 3.83. The first-order valence-corrected chi connectivity index (χ1v) is 21.9. The zero-order chi connectivity index (χ0) is 38.2. The van der Waals surface area contributed by atoms with Gasteiger partial charge in [-0.25, -0.2) is 13.9 Å². The van der Waals surface area contributed by atoms with Gasteiger partial charge in [-0.1, -0.05) is 122 Å². The first-order chi connectivity index (χ1) is 26.5. The average molecular weight is 770 g/mol. The predicted molar refractivity (Wildman–Crippen MR) is 213 cm³/mol. The monoisotopic (exact) mass is 769 g/mol. The van der Waals surface area contributed by atoms with Crippen molar-refractivity contribution >= 4 is 19.9 Å². The molecule has 0 radical (unpaired) electrons. The summed E-state index contributed by atoms with van der Waals surface area (Å²) >= 11 is 0. The molecule has 1 aliphatic rings. The van der Waals surface area contributed by atoms with Crippen molar-refractivity contribution in [3.05, 3.63) is 59.3 Å². The fraction of sp³-hybridized carbons (Fsp3) is 0.690. The lowest BCUT2D eigenvalue weighted by molar-refractivity contribution is -0.00323. The van der Waals surface area contributed by atoms with E-state index in [2.05, 4.69) is 17.0 Å². The quantitative estimate of drug-likeness (QED) is 0.0501. The molecule has 4 rings (SSSR count). The molecule has 0 amide bonds. The molecule has 3 heterocycles. The van der Waals surface area contributed by atoms with Crippen LogP contribution in [0.2, 0.25) is 0 Å². The van der Waals surface area contributed by atoms with Gasteiger partial charge in [-0.15, -0.1) is 0 Å². The van der Waals surface area contributed by atoms with E-state index >= 15 is 0 Å². The number of rotatable bonds is 30. The van der Waals surface area contributed by atoms with Gasteiger partial charge in [0.05, 0.1) is 49.4 Å². The number of nitrogens with zero attached hydrogens (tertiary/aromatic N) is 4. The van der Waals surface area contributed by atoms with Crippen LogP contribution >= 0.6 is 8.60 Å². The van der Waals surface area contributed by atoms with Crippen molar-refractivity contribution in [1.82, 2.24) is 14.6 Å². The summed E-state index contributed by atoms with van der Waals surface area (Å²) < 4.78 is 39.6. The molecule has 300 valence electrons. The molecule has 2 aromatic heterocycles. The molecule has 1 saturated heterocycles. The summed E-state index contributed by atoms with van der Waals surface area (Å²) in [6, 6.07) is 10.2. The van der Waals surface area contributed by atoms with Crippen molar-refractivity contribution in [3.63, 3.8) is 0 Å². The molecule has 4 unspecified atom stereocenters. The maximum Gasteiger partial charge on any atom is 0.330 e. The van der Waals surface area contributed by atoms with Crippen LogP contribution in [0.1, 0.15) is 165 Å². The standard InChI is InChI=1S/C42H65FN5O5P/c1-2-3-4-5-6-7-8-9-10-11-12-13-14-15-16-17-18-19-20-37(50-26-25-34-27-35(30-44)29-36(43)28-34)31-51-54(49)52-32-38-21-24-41(53-38)39-22-23-40-42(45)46-33-47-48(39)40/h22-23,27-29,33,37-38,41,49H,2-21,24-26,31-32H2,1H3,(H2,45,46,47). The Kier molecular flexibility index (Phi) is 21.4. The third-order valence-electron chi connectivity index (χ3n) is 10.4. The second kappa shape index (κ2) is 26.2. The van der Waals surface area contributed by atoms with Crippen molar-refractivity contribution in [2.75, 3.05) is 25.6 Å². The van der Waals surface area contributed by atoms with Crippen LogP contribution in [0.4, 0.5) is 10.2 Å². The van der Waals surface area contributed by atoms with E-state index in [4.69, 9.17) is 24.3 Å². The number of ether oxygens (including phenoxy) is 2. The second-order valence-corrected chi connectivity index (χ2v) is 15.8. The summed E-state index contributed by atoms with van der Waals surface area (Å²) in [6.45, 7) is 3.04. The first kappa shape index (κ1) is 44.0. The highest BCUT2D eigenvalue weighted by atomic mass is 31.2. The lowest BCUT2D eigenvalue weighted by Crippen LogP contribution is -2.21. The van der Waals surface area contributed by atoms with Crippen LogP contribution in [-0.2, 0) is 24.9 Å². The summed E-state index contributed by atoms with van der Waals surface area (Å²) in [7, 11) is -2.12. The highest BCUT2D eigenvalue weighted by molar-refractivity contribution is 7.40. The van der Waals surface area contributed by atoms with E-state index in [1.807, 2.05) is 18.2 Å². The number of hydrogen-bond donors (Lipinski definition) is 2. The van der Waals surface area contributed by atoms with Gasteiger partial charge in [0.15, 0.2) is 5.82 Å². The summed E-state index contributed by atoms with van der Waals surface area (Å²) in [5.41, 5.74) is 8.64. The Bertz CT molecular complexity index is 1510. The lowest BCUT2D eigenvalue weighted by atomic mass is 10.0. The molecule has 4 atom stereocenters. The Morgan fingerprint density at radius 1 is 0.926 bits per heavy atom. The number of benzene rings is 1. The van der Waals surface area contributed by atoms with Gasteiger partial charge < -0.3 is 29.1 Å². The normalized spacial score (nSPS) is 16.9. The van der Waals surface area contributed by atoms with E-state index < -0.39 is 14.4 Å². The predicted octanol–water partition coefficient (Wildman–Crippen LogP) is 10.9. The fourth-order valence-corrected chi connectivity index (χ4v) is 7.95. The van der Waals surface area contributed by atoms with Gasteiger partial charge >= 0.3 is 8.60 Å². The SMILES string of the molecule is CCCCCCCCCCCCCCCCCCCCC(COP(O)OCC1CCC(c2ccc3c(N)ncnn23)O1)OCCc1cc(F)cc(C#N)c1. The zero-order valence-corrected chi connectivity index (χ0v) is 33.5. The molecular weight excluding hydrogens is 704 g/mol. The summed E-state index contributed by atoms with van der Waals surface area (Å²) in [6.07, 6.45) is 27.6. The lowest BCUT2D eigenvalue weighted by Gasteiger charge is -2.20. The highest BCUT2D eigenvalue weighted by Crippen LogP contribution is 2.38. The first-order valence-electron chi connectivity index (χ1n) is 20.8. The number of halogens is 1. The Morgan fingerprint density at radius 3 is 2.22 bits per heavy atom. The van der Waals surface area contributed by atoms with Crippen molar-refractivity contribution in [3.8, 4) is 6.07 Å². The number of unbranched alkanes of at least 4 members (excludes halogenated alkanes) is 17. The number of nitrogen functional groups attached to an aromatic ring is 1. The minimum atomic E-state index is -2.12. The van der Waals surface area contributed by atoms with Crippen LogP contribution in [-0.4, -0.2) is 51.5 Å². The molecule has 3 aromatic rings. The third kappa shape index (κ3) is 16.6. The number of fused-ring (bicyclic) bond motifs is 1. The Morgan fingerprint density at radius 2 is 1.57 bits per heavy atom. The van der Waals surface area contributed by atoms with Gasteiger partial charge in [-0.3, -0.25) is 0 Å². The molecule has 1 aliphatic heterocycles. The molecule has 0 aliphatic carbocycles. The van der Waals surface area contributed by atoms with E-state index in [1.54, 1.807) is 10.6 Å². The second-order valence-electron chi connectivity index (χ2n) is 14.9.